The fraction of sp³-hybridized carbons (Fsp3) is 0.364. The Morgan fingerprint density at radius 3 is 3.00 bits per heavy atom. The molecule has 0 spiro atoms. The molecule has 2 rings (SSSR count). The molecule has 0 fully saturated rings. The van der Waals surface area contributed by atoms with Crippen LogP contribution in [0.25, 0.3) is 0 Å². The highest BCUT2D eigenvalue weighted by molar-refractivity contribution is 5.67. The van der Waals surface area contributed by atoms with E-state index >= 15 is 0 Å². The topological polar surface area (TPSA) is 65.0 Å². The first-order valence-corrected chi connectivity index (χ1v) is 4.93. The molecular weight excluding hydrogens is 212 g/mol. The molecule has 0 bridgehead atoms. The fourth-order valence-electron chi connectivity index (χ4n) is 1.47. The van der Waals surface area contributed by atoms with Crippen LogP contribution >= 0.6 is 0 Å². The van der Waals surface area contributed by atoms with Gasteiger partial charge in [0.25, 0.3) is 0 Å². The molecule has 1 unspecified atom stereocenters. The van der Waals surface area contributed by atoms with Gasteiger partial charge in [0.1, 0.15) is 11.9 Å². The number of benzene rings is 1. The third kappa shape index (κ3) is 2.36. The number of hydrogen-bond acceptors (Lipinski definition) is 4. The molecule has 0 saturated heterocycles. The molecule has 1 aromatic rings. The average molecular weight is 224 g/mol. The lowest BCUT2D eigenvalue weighted by molar-refractivity contribution is -0.138. The van der Waals surface area contributed by atoms with E-state index in [0.29, 0.717) is 17.2 Å². The quantitative estimate of drug-likeness (QED) is 0.842. The van der Waals surface area contributed by atoms with Crippen molar-refractivity contribution in [3.05, 3.63) is 18.2 Å². The van der Waals surface area contributed by atoms with E-state index in [2.05, 4.69) is 0 Å². The van der Waals surface area contributed by atoms with E-state index in [0.717, 1.165) is 0 Å². The van der Waals surface area contributed by atoms with Crippen molar-refractivity contribution in [1.82, 2.24) is 0 Å². The van der Waals surface area contributed by atoms with Crippen LogP contribution in [0.3, 0.4) is 0 Å². The molecule has 0 aromatic heterocycles. The molecule has 1 atom stereocenters. The zero-order valence-corrected chi connectivity index (χ0v) is 8.80. The molecule has 1 aliphatic rings. The molecule has 86 valence electrons. The minimum atomic E-state index is -0.881. The first-order valence-electron chi connectivity index (χ1n) is 4.93. The van der Waals surface area contributed by atoms with Gasteiger partial charge in [0.15, 0.2) is 11.5 Å². The van der Waals surface area contributed by atoms with Crippen LogP contribution < -0.4 is 14.2 Å². The summed E-state index contributed by atoms with van der Waals surface area (Å²) in [4.78, 5) is 10.5. The lowest BCUT2D eigenvalue weighted by Gasteiger charge is -2.12. The minimum absolute atomic E-state index is 0.0333. The Kier molecular flexibility index (Phi) is 2.85. The van der Waals surface area contributed by atoms with Gasteiger partial charge in [-0.2, -0.15) is 0 Å². The van der Waals surface area contributed by atoms with Gasteiger partial charge in [0.05, 0.1) is 6.42 Å². The van der Waals surface area contributed by atoms with Crippen LogP contribution in [-0.4, -0.2) is 24.0 Å². The molecule has 0 aliphatic carbocycles. The number of rotatable bonds is 4. The van der Waals surface area contributed by atoms with Gasteiger partial charge < -0.3 is 19.3 Å². The van der Waals surface area contributed by atoms with Gasteiger partial charge in [-0.1, -0.05) is 0 Å². The first-order chi connectivity index (χ1) is 7.65. The SMILES string of the molecule is CC(CC(=O)O)Oc1ccc2c(c1)OCO2. The van der Waals surface area contributed by atoms with Crippen molar-refractivity contribution in [1.29, 1.82) is 0 Å². The van der Waals surface area contributed by atoms with Crippen molar-refractivity contribution in [2.75, 3.05) is 6.79 Å². The summed E-state index contributed by atoms with van der Waals surface area (Å²) in [5.74, 6) is 1.00. The van der Waals surface area contributed by atoms with Crippen molar-refractivity contribution in [3.63, 3.8) is 0 Å². The monoisotopic (exact) mass is 224 g/mol. The summed E-state index contributed by atoms with van der Waals surface area (Å²) in [6, 6.07) is 5.16. The van der Waals surface area contributed by atoms with Gasteiger partial charge in [-0.3, -0.25) is 4.79 Å². The summed E-state index contributed by atoms with van der Waals surface area (Å²) < 4.78 is 15.8. The number of hydrogen-bond donors (Lipinski definition) is 1. The van der Waals surface area contributed by atoms with Crippen molar-refractivity contribution < 1.29 is 24.1 Å². The van der Waals surface area contributed by atoms with E-state index in [4.69, 9.17) is 19.3 Å². The minimum Gasteiger partial charge on any atom is -0.490 e. The van der Waals surface area contributed by atoms with Gasteiger partial charge >= 0.3 is 5.97 Å². The van der Waals surface area contributed by atoms with Gasteiger partial charge in [-0.05, 0) is 19.1 Å². The predicted octanol–water partition coefficient (Wildman–Crippen LogP) is 1.66. The molecule has 0 amide bonds. The van der Waals surface area contributed by atoms with Crippen LogP contribution in [-0.2, 0) is 4.79 Å². The molecule has 0 radical (unpaired) electrons. The Balaban J connectivity index is 2.02. The van der Waals surface area contributed by atoms with E-state index in [1.165, 1.54) is 0 Å². The lowest BCUT2D eigenvalue weighted by atomic mass is 10.2. The predicted molar refractivity (Wildman–Crippen MR) is 54.9 cm³/mol. The van der Waals surface area contributed by atoms with Crippen LogP contribution in [0, 0.1) is 0 Å². The molecule has 1 heterocycles. The van der Waals surface area contributed by atoms with E-state index in [1.54, 1.807) is 25.1 Å². The van der Waals surface area contributed by atoms with Gasteiger partial charge in [0.2, 0.25) is 6.79 Å². The normalized spacial score (nSPS) is 14.6. The molecule has 5 heteroatoms. The summed E-state index contributed by atoms with van der Waals surface area (Å²) in [7, 11) is 0. The summed E-state index contributed by atoms with van der Waals surface area (Å²) in [6.45, 7) is 1.92. The van der Waals surface area contributed by atoms with Crippen molar-refractivity contribution in [3.8, 4) is 17.2 Å². The summed E-state index contributed by atoms with van der Waals surface area (Å²) in [5.41, 5.74) is 0. The number of carbonyl (C=O) groups is 1. The van der Waals surface area contributed by atoms with E-state index in [1.807, 2.05) is 0 Å². The highest BCUT2D eigenvalue weighted by Gasteiger charge is 2.15. The Labute approximate surface area is 92.5 Å². The first kappa shape index (κ1) is 10.6. The summed E-state index contributed by atoms with van der Waals surface area (Å²) in [5, 5.41) is 8.59. The van der Waals surface area contributed by atoms with Crippen molar-refractivity contribution >= 4 is 5.97 Å². The van der Waals surface area contributed by atoms with Crippen molar-refractivity contribution in [2.45, 2.75) is 19.4 Å². The Hall–Kier alpha value is -1.91. The maximum atomic E-state index is 10.5. The fourth-order valence-corrected chi connectivity index (χ4v) is 1.47. The van der Waals surface area contributed by atoms with E-state index in [-0.39, 0.29) is 19.3 Å². The third-order valence-electron chi connectivity index (χ3n) is 2.14. The average Bonchev–Trinajstić information content (AvgIpc) is 2.63. The second-order valence-corrected chi connectivity index (χ2v) is 3.54. The zero-order valence-electron chi connectivity index (χ0n) is 8.80. The highest BCUT2D eigenvalue weighted by atomic mass is 16.7. The van der Waals surface area contributed by atoms with Gasteiger partial charge in [-0.25, -0.2) is 0 Å². The lowest BCUT2D eigenvalue weighted by Crippen LogP contribution is -2.16. The van der Waals surface area contributed by atoms with Crippen LogP contribution in [0.15, 0.2) is 18.2 Å². The maximum absolute atomic E-state index is 10.5. The number of carboxylic acids is 1. The Morgan fingerprint density at radius 2 is 2.25 bits per heavy atom. The second kappa shape index (κ2) is 4.30. The van der Waals surface area contributed by atoms with Gasteiger partial charge in [-0.15, -0.1) is 0 Å². The number of ether oxygens (including phenoxy) is 3. The third-order valence-corrected chi connectivity index (χ3v) is 2.14. The molecule has 0 saturated carbocycles. The molecule has 16 heavy (non-hydrogen) atoms. The van der Waals surface area contributed by atoms with Crippen LogP contribution in [0.1, 0.15) is 13.3 Å². The van der Waals surface area contributed by atoms with Crippen LogP contribution in [0.5, 0.6) is 17.2 Å². The smallest absolute Gasteiger partial charge is 0.307 e. The Morgan fingerprint density at radius 1 is 1.50 bits per heavy atom. The van der Waals surface area contributed by atoms with Crippen molar-refractivity contribution in [2.24, 2.45) is 0 Å². The summed E-state index contributed by atoms with van der Waals surface area (Å²) >= 11 is 0. The van der Waals surface area contributed by atoms with Crippen LogP contribution in [0.2, 0.25) is 0 Å². The standard InChI is InChI=1S/C11H12O5/c1-7(4-11(12)13)16-8-2-3-9-10(5-8)15-6-14-9/h2-3,5,7H,4,6H2,1H3,(H,12,13). The van der Waals surface area contributed by atoms with Gasteiger partial charge in [0, 0.05) is 6.07 Å². The van der Waals surface area contributed by atoms with E-state index in [9.17, 15) is 4.79 Å². The zero-order chi connectivity index (χ0) is 11.5. The molecule has 1 N–H and O–H groups in total. The Bertz CT molecular complexity index is 401. The number of aliphatic carboxylic acids is 1. The molecule has 1 aromatic carbocycles. The van der Waals surface area contributed by atoms with E-state index < -0.39 is 5.97 Å². The number of fused-ring (bicyclic) bond motifs is 1. The molecule has 1 aliphatic heterocycles. The highest BCUT2D eigenvalue weighted by Crippen LogP contribution is 2.35. The van der Waals surface area contributed by atoms with Crippen LogP contribution in [0.4, 0.5) is 0 Å². The maximum Gasteiger partial charge on any atom is 0.307 e. The number of carboxylic acid groups (broad SMARTS) is 1. The molecule has 5 nitrogen and oxygen atoms in total. The second-order valence-electron chi connectivity index (χ2n) is 3.54. The largest absolute Gasteiger partial charge is 0.490 e. The molecular formula is C11H12O5. The summed E-state index contributed by atoms with van der Waals surface area (Å²) in [6.07, 6.45) is -0.410.